The third-order valence-electron chi connectivity index (χ3n) is 1.79. The summed E-state index contributed by atoms with van der Waals surface area (Å²) in [6.45, 7) is 4.45. The Bertz CT molecular complexity index is 527. The summed E-state index contributed by atoms with van der Waals surface area (Å²) >= 11 is 0. The molecule has 1 aromatic rings. The minimum atomic E-state index is -4.52. The van der Waals surface area contributed by atoms with E-state index in [-0.39, 0.29) is 5.69 Å². The molecule has 0 aliphatic rings. The topological polar surface area (TPSA) is 97.5 Å². The molecule has 8 heteroatoms. The summed E-state index contributed by atoms with van der Waals surface area (Å²) in [5, 5.41) is 3.42. The van der Waals surface area contributed by atoms with Gasteiger partial charge >= 0.3 is 10.3 Å². The quantitative estimate of drug-likeness (QED) is 0.634. The number of ether oxygens (including phenoxy) is 2. The van der Waals surface area contributed by atoms with Crippen LogP contribution in [0.25, 0.3) is 0 Å². The van der Waals surface area contributed by atoms with Crippen LogP contribution in [0.1, 0.15) is 13.8 Å². The van der Waals surface area contributed by atoms with E-state index in [0.29, 0.717) is 24.7 Å². The number of hydrogen-bond acceptors (Lipinski definition) is 5. The van der Waals surface area contributed by atoms with Crippen LogP contribution in [0, 0.1) is 0 Å². The van der Waals surface area contributed by atoms with Gasteiger partial charge in [-0.1, -0.05) is 0 Å². The zero-order valence-corrected chi connectivity index (χ0v) is 10.8. The van der Waals surface area contributed by atoms with E-state index in [1.807, 2.05) is 6.92 Å². The van der Waals surface area contributed by atoms with Crippen molar-refractivity contribution in [1.82, 2.24) is 0 Å². The Morgan fingerprint density at radius 1 is 1.22 bits per heavy atom. The fourth-order valence-electron chi connectivity index (χ4n) is 1.20. The third-order valence-corrected chi connectivity index (χ3v) is 2.08. The van der Waals surface area contributed by atoms with Gasteiger partial charge in [0.2, 0.25) is 0 Å². The van der Waals surface area contributed by atoms with Gasteiger partial charge in [0.25, 0.3) is 0 Å². The first kappa shape index (κ1) is 14.4. The summed E-state index contributed by atoms with van der Waals surface area (Å²) in [4.78, 5) is 0. The summed E-state index contributed by atoms with van der Waals surface area (Å²) in [5.41, 5.74) is 0.167. The van der Waals surface area contributed by atoms with Crippen LogP contribution in [-0.2, 0) is 10.3 Å². The van der Waals surface area contributed by atoms with Crippen molar-refractivity contribution < 1.29 is 22.4 Å². The average Bonchev–Trinajstić information content (AvgIpc) is 2.29. The summed E-state index contributed by atoms with van der Waals surface area (Å²) in [6.07, 6.45) is 0. The molecule has 100 valence electrons. The molecule has 0 saturated heterocycles. The lowest BCUT2D eigenvalue weighted by Gasteiger charge is -2.08. The van der Waals surface area contributed by atoms with Crippen molar-refractivity contribution in [1.29, 1.82) is 0 Å². The Hall–Kier alpha value is -1.67. The van der Waals surface area contributed by atoms with Crippen molar-refractivity contribution in [3.05, 3.63) is 18.2 Å². The van der Waals surface area contributed by atoms with Crippen LogP contribution in [0.2, 0.25) is 0 Å². The molecular weight excluding hydrogens is 260 g/mol. The first-order chi connectivity index (χ1) is 8.46. The van der Waals surface area contributed by atoms with Crippen molar-refractivity contribution in [3.8, 4) is 11.5 Å². The molecule has 7 nitrogen and oxygen atoms in total. The molecular formula is C10H14N2O5S. The van der Waals surface area contributed by atoms with Crippen molar-refractivity contribution in [2.45, 2.75) is 13.8 Å². The molecule has 18 heavy (non-hydrogen) atoms. The predicted molar refractivity (Wildman–Crippen MR) is 64.8 cm³/mol. The van der Waals surface area contributed by atoms with Gasteiger partial charge in [-0.25, -0.2) is 0 Å². The van der Waals surface area contributed by atoms with Crippen LogP contribution in [0.5, 0.6) is 11.5 Å². The van der Waals surface area contributed by atoms with Crippen LogP contribution in [-0.4, -0.2) is 26.2 Å². The molecule has 0 amide bonds. The Balaban J connectivity index is 3.10. The summed E-state index contributed by atoms with van der Waals surface area (Å²) in [5.74, 6) is 0.860. The van der Waals surface area contributed by atoms with Gasteiger partial charge in [-0.2, -0.15) is 8.42 Å². The van der Waals surface area contributed by atoms with Crippen LogP contribution in [0.15, 0.2) is 27.8 Å². The first-order valence-electron chi connectivity index (χ1n) is 5.26. The van der Waals surface area contributed by atoms with Gasteiger partial charge in [0.05, 0.1) is 13.2 Å². The molecule has 0 heterocycles. The molecule has 0 aliphatic heterocycles. The van der Waals surface area contributed by atoms with Crippen molar-refractivity contribution in [2.75, 3.05) is 13.2 Å². The second-order valence-electron chi connectivity index (χ2n) is 3.13. The molecule has 0 aromatic heterocycles. The monoisotopic (exact) mass is 274 g/mol. The standard InChI is InChI=1S/C10H14N2O5S/c1-3-16-8-5-6-10(17-4-2)9(7-8)11-12-18(13,14)15/h5-7H,3-4H2,1-2H3,(H,13,14,15). The van der Waals surface area contributed by atoms with E-state index < -0.39 is 10.3 Å². The second-order valence-corrected chi connectivity index (χ2v) is 4.18. The van der Waals surface area contributed by atoms with E-state index in [4.69, 9.17) is 14.0 Å². The summed E-state index contributed by atoms with van der Waals surface area (Å²) < 4.78 is 42.8. The number of rotatable bonds is 6. The van der Waals surface area contributed by atoms with Gasteiger partial charge in [0.1, 0.15) is 17.2 Å². The van der Waals surface area contributed by atoms with E-state index >= 15 is 0 Å². The Kier molecular flexibility index (Phi) is 5.05. The molecule has 1 N–H and O–H groups in total. The van der Waals surface area contributed by atoms with Gasteiger partial charge in [0.15, 0.2) is 0 Å². The molecule has 0 bridgehead atoms. The summed E-state index contributed by atoms with van der Waals surface area (Å²) in [6, 6.07) is 4.73. The molecule has 0 fully saturated rings. The van der Waals surface area contributed by atoms with Gasteiger partial charge in [-0.05, 0) is 30.5 Å². The first-order valence-corrected chi connectivity index (χ1v) is 6.66. The molecule has 0 unspecified atom stereocenters. The van der Waals surface area contributed by atoms with Gasteiger partial charge < -0.3 is 9.47 Å². The highest BCUT2D eigenvalue weighted by atomic mass is 32.2. The van der Waals surface area contributed by atoms with Crippen LogP contribution in [0.3, 0.4) is 0 Å². The maximum absolute atomic E-state index is 10.5. The van der Waals surface area contributed by atoms with E-state index in [2.05, 4.69) is 9.63 Å². The zero-order chi connectivity index (χ0) is 13.6. The third kappa shape index (κ3) is 4.68. The van der Waals surface area contributed by atoms with Gasteiger partial charge in [-0.15, -0.1) is 5.11 Å². The number of hydrogen-bond donors (Lipinski definition) is 1. The highest BCUT2D eigenvalue weighted by Gasteiger charge is 2.07. The number of benzene rings is 1. The lowest BCUT2D eigenvalue weighted by atomic mass is 10.3. The minimum absolute atomic E-state index is 0.167. The van der Waals surface area contributed by atoms with E-state index in [9.17, 15) is 8.42 Å². The lowest BCUT2D eigenvalue weighted by Crippen LogP contribution is -1.95. The fraction of sp³-hybridized carbons (Fsp3) is 0.400. The zero-order valence-electron chi connectivity index (χ0n) is 10.0. The van der Waals surface area contributed by atoms with Gasteiger partial charge in [0, 0.05) is 6.07 Å². The molecule has 1 rings (SSSR count). The maximum Gasteiger partial charge on any atom is 0.396 e. The lowest BCUT2D eigenvalue weighted by molar-refractivity contribution is 0.331. The van der Waals surface area contributed by atoms with Crippen molar-refractivity contribution >= 4 is 16.0 Å². The van der Waals surface area contributed by atoms with Crippen molar-refractivity contribution in [2.24, 2.45) is 9.63 Å². The van der Waals surface area contributed by atoms with E-state index in [1.54, 1.807) is 19.1 Å². The molecule has 1 aromatic carbocycles. The molecule has 0 spiro atoms. The maximum atomic E-state index is 10.5. The van der Waals surface area contributed by atoms with E-state index in [0.717, 1.165) is 0 Å². The predicted octanol–water partition coefficient (Wildman–Crippen LogP) is 2.37. The SMILES string of the molecule is CCOc1ccc(OCC)c(N=NS(=O)(=O)O)c1. The average molecular weight is 274 g/mol. The Labute approximate surface area is 105 Å². The minimum Gasteiger partial charge on any atom is -0.494 e. The van der Waals surface area contributed by atoms with Crippen LogP contribution in [0.4, 0.5) is 5.69 Å². The normalized spacial score (nSPS) is 11.7. The van der Waals surface area contributed by atoms with Crippen molar-refractivity contribution in [3.63, 3.8) is 0 Å². The molecule has 0 saturated carbocycles. The van der Waals surface area contributed by atoms with Crippen LogP contribution >= 0.6 is 0 Å². The molecule has 0 atom stereocenters. The highest BCUT2D eigenvalue weighted by Crippen LogP contribution is 2.32. The smallest absolute Gasteiger partial charge is 0.396 e. The largest absolute Gasteiger partial charge is 0.494 e. The van der Waals surface area contributed by atoms with Crippen LogP contribution < -0.4 is 9.47 Å². The second kappa shape index (κ2) is 6.31. The molecule has 0 aliphatic carbocycles. The fourth-order valence-corrected chi connectivity index (χ4v) is 1.40. The summed E-state index contributed by atoms with van der Waals surface area (Å²) in [7, 11) is -4.52. The Morgan fingerprint density at radius 2 is 1.89 bits per heavy atom. The Morgan fingerprint density at radius 3 is 2.44 bits per heavy atom. The highest BCUT2D eigenvalue weighted by molar-refractivity contribution is 7.84. The number of nitrogens with zero attached hydrogens (tertiary/aromatic N) is 2. The van der Waals surface area contributed by atoms with E-state index in [1.165, 1.54) is 6.07 Å². The van der Waals surface area contributed by atoms with Gasteiger partial charge in [-0.3, -0.25) is 4.55 Å². The molecule has 0 radical (unpaired) electrons.